The zero-order valence-electron chi connectivity index (χ0n) is 12.7. The first-order valence-corrected chi connectivity index (χ1v) is 7.60. The summed E-state index contributed by atoms with van der Waals surface area (Å²) in [5, 5.41) is 3.38. The van der Waals surface area contributed by atoms with Crippen LogP contribution in [0.5, 0.6) is 0 Å². The molecule has 3 rings (SSSR count). The van der Waals surface area contributed by atoms with Crippen LogP contribution in [0.25, 0.3) is 0 Å². The van der Waals surface area contributed by atoms with Gasteiger partial charge < -0.3 is 9.88 Å². The van der Waals surface area contributed by atoms with E-state index in [1.165, 1.54) is 24.0 Å². The highest BCUT2D eigenvalue weighted by molar-refractivity contribution is 5.29. The molecule has 3 nitrogen and oxygen atoms in total. The van der Waals surface area contributed by atoms with Crippen LogP contribution >= 0.6 is 0 Å². The quantitative estimate of drug-likeness (QED) is 0.915. The van der Waals surface area contributed by atoms with E-state index in [1.807, 2.05) is 26.1 Å². The second-order valence-corrected chi connectivity index (χ2v) is 5.99. The molecule has 2 aromatic rings. The van der Waals surface area contributed by atoms with Crippen molar-refractivity contribution in [3.05, 3.63) is 69.1 Å². The van der Waals surface area contributed by atoms with E-state index >= 15 is 0 Å². The zero-order valence-corrected chi connectivity index (χ0v) is 12.7. The van der Waals surface area contributed by atoms with E-state index in [0.29, 0.717) is 6.54 Å². The maximum Gasteiger partial charge on any atom is 0.254 e. The van der Waals surface area contributed by atoms with Crippen molar-refractivity contribution >= 4 is 0 Å². The van der Waals surface area contributed by atoms with Crippen LogP contribution in [0.3, 0.4) is 0 Å². The molecule has 21 heavy (non-hydrogen) atoms. The first kappa shape index (κ1) is 14.1. The molecule has 1 aromatic heterocycles. The van der Waals surface area contributed by atoms with E-state index in [2.05, 4.69) is 29.6 Å². The fourth-order valence-electron chi connectivity index (χ4n) is 2.63. The molecule has 0 saturated heterocycles. The van der Waals surface area contributed by atoms with E-state index in [4.69, 9.17) is 0 Å². The van der Waals surface area contributed by atoms with E-state index in [9.17, 15) is 4.79 Å². The number of hydrogen-bond acceptors (Lipinski definition) is 2. The fraction of sp³-hybridized carbons (Fsp3) is 0.389. The van der Waals surface area contributed by atoms with Gasteiger partial charge in [-0.2, -0.15) is 0 Å². The largest absolute Gasteiger partial charge is 0.316 e. The summed E-state index contributed by atoms with van der Waals surface area (Å²) in [6, 6.07) is 12.7. The molecule has 0 aliphatic heterocycles. The van der Waals surface area contributed by atoms with Gasteiger partial charge in [0.15, 0.2) is 0 Å². The third kappa shape index (κ3) is 3.24. The molecular weight excluding hydrogens is 260 g/mol. The van der Waals surface area contributed by atoms with Gasteiger partial charge in [0.25, 0.3) is 5.56 Å². The number of aromatic nitrogens is 1. The number of hydrogen-bond donors (Lipinski definition) is 1. The van der Waals surface area contributed by atoms with Gasteiger partial charge in [0.1, 0.15) is 0 Å². The van der Waals surface area contributed by atoms with Crippen LogP contribution in [0.15, 0.2) is 41.2 Å². The smallest absolute Gasteiger partial charge is 0.254 e. The fourth-order valence-corrected chi connectivity index (χ4v) is 2.63. The number of pyridine rings is 1. The number of benzene rings is 1. The summed E-state index contributed by atoms with van der Waals surface area (Å²) in [5.41, 5.74) is 4.65. The SMILES string of the molecule is Cc1ccc(CNCc2cccc(C3CC3)c2)c(=O)n1C. The Morgan fingerprint density at radius 2 is 2.00 bits per heavy atom. The zero-order chi connectivity index (χ0) is 14.8. The second-order valence-electron chi connectivity index (χ2n) is 5.99. The Morgan fingerprint density at radius 1 is 1.19 bits per heavy atom. The second kappa shape index (κ2) is 5.86. The van der Waals surface area contributed by atoms with Crippen LogP contribution in [0.1, 0.15) is 41.1 Å². The van der Waals surface area contributed by atoms with E-state index in [0.717, 1.165) is 23.7 Å². The summed E-state index contributed by atoms with van der Waals surface area (Å²) in [6.07, 6.45) is 2.66. The molecule has 0 atom stereocenters. The van der Waals surface area contributed by atoms with Gasteiger partial charge in [-0.15, -0.1) is 0 Å². The molecule has 1 N–H and O–H groups in total. The molecule has 0 radical (unpaired) electrons. The minimum absolute atomic E-state index is 0.0919. The summed E-state index contributed by atoms with van der Waals surface area (Å²) in [6.45, 7) is 3.36. The summed E-state index contributed by atoms with van der Waals surface area (Å²) in [4.78, 5) is 12.1. The van der Waals surface area contributed by atoms with Crippen molar-refractivity contribution in [2.24, 2.45) is 7.05 Å². The van der Waals surface area contributed by atoms with Gasteiger partial charge in [0.05, 0.1) is 0 Å². The van der Waals surface area contributed by atoms with Gasteiger partial charge in [-0.1, -0.05) is 30.3 Å². The first-order chi connectivity index (χ1) is 10.1. The highest BCUT2D eigenvalue weighted by atomic mass is 16.1. The van der Waals surface area contributed by atoms with Crippen molar-refractivity contribution in [3.8, 4) is 0 Å². The molecule has 1 aliphatic rings. The molecule has 0 spiro atoms. The highest BCUT2D eigenvalue weighted by Gasteiger charge is 2.23. The van der Waals surface area contributed by atoms with Crippen LogP contribution in [-0.2, 0) is 20.1 Å². The normalized spacial score (nSPS) is 14.4. The first-order valence-electron chi connectivity index (χ1n) is 7.60. The van der Waals surface area contributed by atoms with Crippen molar-refractivity contribution < 1.29 is 0 Å². The van der Waals surface area contributed by atoms with Crippen molar-refractivity contribution in [2.45, 2.75) is 38.8 Å². The predicted molar refractivity (Wildman–Crippen MR) is 85.4 cm³/mol. The van der Waals surface area contributed by atoms with Crippen LogP contribution in [0.4, 0.5) is 0 Å². The number of nitrogens with zero attached hydrogens (tertiary/aromatic N) is 1. The molecule has 1 aliphatic carbocycles. The molecule has 1 fully saturated rings. The molecular formula is C18H22N2O. The van der Waals surface area contributed by atoms with Crippen LogP contribution in [0.2, 0.25) is 0 Å². The molecule has 1 aromatic carbocycles. The topological polar surface area (TPSA) is 34.0 Å². The van der Waals surface area contributed by atoms with Gasteiger partial charge in [-0.25, -0.2) is 0 Å². The summed E-state index contributed by atoms with van der Waals surface area (Å²) in [5.74, 6) is 0.786. The minimum Gasteiger partial charge on any atom is -0.316 e. The Kier molecular flexibility index (Phi) is 3.93. The van der Waals surface area contributed by atoms with E-state index < -0.39 is 0 Å². The molecule has 0 amide bonds. The van der Waals surface area contributed by atoms with Crippen molar-refractivity contribution in [1.82, 2.24) is 9.88 Å². The maximum atomic E-state index is 12.1. The lowest BCUT2D eigenvalue weighted by molar-refractivity contribution is 0.674. The minimum atomic E-state index is 0.0919. The monoisotopic (exact) mass is 282 g/mol. The number of rotatable bonds is 5. The average Bonchev–Trinajstić information content (AvgIpc) is 3.32. The molecule has 1 saturated carbocycles. The lowest BCUT2D eigenvalue weighted by atomic mass is 10.1. The predicted octanol–water partition coefficient (Wildman–Crippen LogP) is 2.86. The van der Waals surface area contributed by atoms with Crippen molar-refractivity contribution in [3.63, 3.8) is 0 Å². The Hall–Kier alpha value is -1.87. The van der Waals surface area contributed by atoms with Gasteiger partial charge in [-0.3, -0.25) is 4.79 Å². The van der Waals surface area contributed by atoms with Crippen molar-refractivity contribution in [2.75, 3.05) is 0 Å². The molecule has 1 heterocycles. The van der Waals surface area contributed by atoms with Crippen LogP contribution in [0, 0.1) is 6.92 Å². The van der Waals surface area contributed by atoms with E-state index in [-0.39, 0.29) is 5.56 Å². The van der Waals surface area contributed by atoms with Crippen LogP contribution in [-0.4, -0.2) is 4.57 Å². The molecule has 110 valence electrons. The Balaban J connectivity index is 1.62. The highest BCUT2D eigenvalue weighted by Crippen LogP contribution is 2.40. The van der Waals surface area contributed by atoms with Gasteiger partial charge >= 0.3 is 0 Å². The summed E-state index contributed by atoms with van der Waals surface area (Å²) < 4.78 is 1.70. The third-order valence-corrected chi connectivity index (χ3v) is 4.28. The maximum absolute atomic E-state index is 12.1. The Bertz CT molecular complexity index is 699. The number of nitrogens with one attached hydrogen (secondary N) is 1. The van der Waals surface area contributed by atoms with Gasteiger partial charge in [0.2, 0.25) is 0 Å². The Morgan fingerprint density at radius 3 is 2.76 bits per heavy atom. The summed E-state index contributed by atoms with van der Waals surface area (Å²) >= 11 is 0. The average molecular weight is 282 g/mol. The molecule has 0 bridgehead atoms. The van der Waals surface area contributed by atoms with Gasteiger partial charge in [-0.05, 0) is 42.9 Å². The summed E-state index contributed by atoms with van der Waals surface area (Å²) in [7, 11) is 1.82. The molecule has 3 heteroatoms. The molecule has 0 unspecified atom stereocenters. The van der Waals surface area contributed by atoms with Crippen molar-refractivity contribution in [1.29, 1.82) is 0 Å². The van der Waals surface area contributed by atoms with E-state index in [1.54, 1.807) is 4.57 Å². The van der Waals surface area contributed by atoms with Gasteiger partial charge in [0, 0.05) is 31.4 Å². The third-order valence-electron chi connectivity index (χ3n) is 4.28. The number of aryl methyl sites for hydroxylation is 1. The van der Waals surface area contributed by atoms with Crippen LogP contribution < -0.4 is 10.9 Å². The lowest BCUT2D eigenvalue weighted by Crippen LogP contribution is -2.26. The Labute approximate surface area is 125 Å². The standard InChI is InChI=1S/C18H22N2O/c1-13-6-7-17(18(21)20(13)2)12-19-11-14-4-3-5-16(10-14)15-8-9-15/h3-7,10,15,19H,8-9,11-12H2,1-2H3. The lowest BCUT2D eigenvalue weighted by Gasteiger charge is -2.09.